The van der Waals surface area contributed by atoms with E-state index in [-0.39, 0.29) is 22.1 Å². The molecule has 0 unspecified atom stereocenters. The molecule has 1 fully saturated rings. The highest BCUT2D eigenvalue weighted by molar-refractivity contribution is 8.00. The third-order valence-electron chi connectivity index (χ3n) is 3.86. The Morgan fingerprint density at radius 3 is 2.45 bits per heavy atom. The maximum absolute atomic E-state index is 11.7. The first kappa shape index (κ1) is 17.6. The van der Waals surface area contributed by atoms with Gasteiger partial charge in [-0.2, -0.15) is 11.8 Å². The van der Waals surface area contributed by atoms with E-state index in [4.69, 9.17) is 10.9 Å². The summed E-state index contributed by atoms with van der Waals surface area (Å²) in [5.74, 6) is 0.749. The molecule has 1 aliphatic rings. The minimum absolute atomic E-state index is 0.219. The average Bonchev–Trinajstić information content (AvgIpc) is 2.45. The van der Waals surface area contributed by atoms with E-state index in [0.29, 0.717) is 13.0 Å². The molecule has 0 aliphatic carbocycles. The van der Waals surface area contributed by atoms with Crippen LogP contribution in [-0.4, -0.2) is 66.5 Å². The van der Waals surface area contributed by atoms with Gasteiger partial charge in [-0.05, 0) is 38.6 Å². The third kappa shape index (κ3) is 4.53. The van der Waals surface area contributed by atoms with Crippen molar-refractivity contribution >= 4 is 27.4 Å². The molecule has 0 aromatic carbocycles. The van der Waals surface area contributed by atoms with Gasteiger partial charge in [0.25, 0.3) is 0 Å². The molecule has 8 heteroatoms. The Morgan fingerprint density at radius 2 is 2.00 bits per heavy atom. The van der Waals surface area contributed by atoms with Crippen molar-refractivity contribution in [1.29, 1.82) is 0 Å². The molecule has 20 heavy (non-hydrogen) atoms. The Balaban J connectivity index is 2.50. The van der Waals surface area contributed by atoms with Gasteiger partial charge >= 0.3 is 0 Å². The predicted octanol–water partition coefficient (Wildman–Crippen LogP) is 0.755. The normalized spacial score (nSPS) is 21.0. The van der Waals surface area contributed by atoms with E-state index in [0.717, 1.165) is 25.9 Å². The number of thioether (sulfide) groups is 1. The Labute approximate surface area is 125 Å². The summed E-state index contributed by atoms with van der Waals surface area (Å²) in [4.78, 5) is 2.15. The molecule has 1 rings (SSSR count). The molecule has 1 aliphatic heterocycles. The summed E-state index contributed by atoms with van der Waals surface area (Å²) in [5.41, 5.74) is 5.79. The molecule has 0 amide bonds. The van der Waals surface area contributed by atoms with Crippen LogP contribution in [0.15, 0.2) is 5.16 Å². The van der Waals surface area contributed by atoms with E-state index < -0.39 is 9.84 Å². The Hall–Kier alpha value is -0.470. The van der Waals surface area contributed by atoms with Gasteiger partial charge in [-0.3, -0.25) is 0 Å². The standard InChI is InChI=1S/C12H25N3O3S2/c1-3-9-20(17,18)10-8-15-6-4-12(19-2,5-7-15)11(13)14-16/h16H,3-10H2,1-2H3,(H2,13,14). The molecule has 0 bridgehead atoms. The van der Waals surface area contributed by atoms with E-state index >= 15 is 0 Å². The molecule has 1 saturated heterocycles. The second-order valence-corrected chi connectivity index (χ2v) is 8.67. The van der Waals surface area contributed by atoms with E-state index in [1.165, 1.54) is 0 Å². The minimum atomic E-state index is -2.92. The highest BCUT2D eigenvalue weighted by Gasteiger charge is 2.38. The molecule has 0 radical (unpaired) electrons. The highest BCUT2D eigenvalue weighted by atomic mass is 32.2. The first-order valence-electron chi connectivity index (χ1n) is 6.85. The summed E-state index contributed by atoms with van der Waals surface area (Å²) >= 11 is 1.60. The number of oxime groups is 1. The second kappa shape index (κ2) is 7.51. The van der Waals surface area contributed by atoms with Gasteiger partial charge < -0.3 is 15.8 Å². The van der Waals surface area contributed by atoms with Crippen molar-refractivity contribution in [3.05, 3.63) is 0 Å². The van der Waals surface area contributed by atoms with Gasteiger partial charge in [0.15, 0.2) is 15.7 Å². The molecule has 0 spiro atoms. The van der Waals surface area contributed by atoms with Crippen LogP contribution in [-0.2, 0) is 9.84 Å². The Morgan fingerprint density at radius 1 is 1.40 bits per heavy atom. The summed E-state index contributed by atoms with van der Waals surface area (Å²) in [6, 6.07) is 0. The topological polar surface area (TPSA) is 96.0 Å². The van der Waals surface area contributed by atoms with Crippen LogP contribution in [0.2, 0.25) is 0 Å². The molecule has 0 saturated carbocycles. The zero-order chi connectivity index (χ0) is 15.2. The molecule has 118 valence electrons. The number of rotatable bonds is 7. The Kier molecular flexibility index (Phi) is 6.60. The van der Waals surface area contributed by atoms with Crippen molar-refractivity contribution < 1.29 is 13.6 Å². The number of hydrogen-bond acceptors (Lipinski definition) is 6. The summed E-state index contributed by atoms with van der Waals surface area (Å²) in [7, 11) is -2.92. The van der Waals surface area contributed by atoms with Crippen molar-refractivity contribution in [2.45, 2.75) is 30.9 Å². The van der Waals surface area contributed by atoms with Gasteiger partial charge in [0.05, 0.1) is 10.5 Å². The number of nitrogens with zero attached hydrogens (tertiary/aromatic N) is 2. The number of likely N-dealkylation sites (tertiary alicyclic amines) is 1. The quantitative estimate of drug-likeness (QED) is 0.311. The minimum Gasteiger partial charge on any atom is -0.409 e. The van der Waals surface area contributed by atoms with Crippen LogP contribution in [0.1, 0.15) is 26.2 Å². The lowest BCUT2D eigenvalue weighted by Gasteiger charge is -2.39. The zero-order valence-electron chi connectivity index (χ0n) is 12.2. The van der Waals surface area contributed by atoms with Crippen LogP contribution in [0.4, 0.5) is 0 Å². The van der Waals surface area contributed by atoms with Crippen LogP contribution in [0, 0.1) is 0 Å². The van der Waals surface area contributed by atoms with Gasteiger partial charge in [0.2, 0.25) is 0 Å². The number of hydrogen-bond donors (Lipinski definition) is 2. The second-order valence-electron chi connectivity index (χ2n) is 5.18. The number of amidine groups is 1. The monoisotopic (exact) mass is 323 g/mol. The summed E-state index contributed by atoms with van der Waals surface area (Å²) in [6.07, 6.45) is 4.18. The van der Waals surface area contributed by atoms with Crippen LogP contribution in [0.3, 0.4) is 0 Å². The first-order valence-corrected chi connectivity index (χ1v) is 9.89. The highest BCUT2D eigenvalue weighted by Crippen LogP contribution is 2.34. The number of sulfone groups is 1. The summed E-state index contributed by atoms with van der Waals surface area (Å²) in [5, 5.41) is 12.0. The fraction of sp³-hybridized carbons (Fsp3) is 0.917. The van der Waals surface area contributed by atoms with Gasteiger partial charge in [0, 0.05) is 12.3 Å². The smallest absolute Gasteiger partial charge is 0.155 e. The average molecular weight is 323 g/mol. The summed E-state index contributed by atoms with van der Waals surface area (Å²) in [6.45, 7) is 4.00. The van der Waals surface area contributed by atoms with Gasteiger partial charge in [-0.15, -0.1) is 0 Å². The zero-order valence-corrected chi connectivity index (χ0v) is 13.8. The lowest BCUT2D eigenvalue weighted by Crippen LogP contribution is -2.50. The summed E-state index contributed by atoms with van der Waals surface area (Å²) < 4.78 is 23.1. The lowest BCUT2D eigenvalue weighted by atomic mass is 9.94. The molecular weight excluding hydrogens is 298 g/mol. The van der Waals surface area contributed by atoms with E-state index in [1.54, 1.807) is 11.8 Å². The van der Waals surface area contributed by atoms with Gasteiger partial charge in [-0.1, -0.05) is 12.1 Å². The maximum Gasteiger partial charge on any atom is 0.155 e. The fourth-order valence-corrected chi connectivity index (χ4v) is 4.68. The lowest BCUT2D eigenvalue weighted by molar-refractivity contribution is 0.227. The third-order valence-corrected chi connectivity index (χ3v) is 7.10. The van der Waals surface area contributed by atoms with Crippen LogP contribution in [0.25, 0.3) is 0 Å². The molecule has 0 atom stereocenters. The number of piperidine rings is 1. The molecule has 0 aromatic rings. The predicted molar refractivity (Wildman–Crippen MR) is 84.3 cm³/mol. The van der Waals surface area contributed by atoms with Crippen molar-refractivity contribution in [1.82, 2.24) is 4.90 Å². The van der Waals surface area contributed by atoms with Crippen molar-refractivity contribution in [3.63, 3.8) is 0 Å². The fourth-order valence-electron chi connectivity index (χ4n) is 2.48. The molecule has 1 heterocycles. The molecule has 3 N–H and O–H groups in total. The van der Waals surface area contributed by atoms with Crippen molar-refractivity contribution in [3.8, 4) is 0 Å². The maximum atomic E-state index is 11.7. The number of nitrogens with two attached hydrogens (primary N) is 1. The van der Waals surface area contributed by atoms with E-state index in [2.05, 4.69) is 10.1 Å². The van der Waals surface area contributed by atoms with Crippen molar-refractivity contribution in [2.24, 2.45) is 10.9 Å². The largest absolute Gasteiger partial charge is 0.409 e. The van der Waals surface area contributed by atoms with Gasteiger partial charge in [-0.25, -0.2) is 8.42 Å². The van der Waals surface area contributed by atoms with Crippen LogP contribution in [0.5, 0.6) is 0 Å². The SMILES string of the molecule is CCCS(=O)(=O)CCN1CCC(SC)(C(N)=NO)CC1. The van der Waals surface area contributed by atoms with Crippen LogP contribution >= 0.6 is 11.8 Å². The van der Waals surface area contributed by atoms with E-state index in [9.17, 15) is 8.42 Å². The van der Waals surface area contributed by atoms with Gasteiger partial charge in [0.1, 0.15) is 0 Å². The molecular formula is C12H25N3O3S2. The van der Waals surface area contributed by atoms with Crippen molar-refractivity contribution in [2.75, 3.05) is 37.4 Å². The molecule has 0 aromatic heterocycles. The first-order chi connectivity index (χ1) is 9.39. The van der Waals surface area contributed by atoms with E-state index in [1.807, 2.05) is 13.2 Å². The van der Waals surface area contributed by atoms with Crippen LogP contribution < -0.4 is 5.73 Å². The molecule has 6 nitrogen and oxygen atoms in total. The Bertz CT molecular complexity index is 429.